The quantitative estimate of drug-likeness (QED) is 0.656. The lowest BCUT2D eigenvalue weighted by Gasteiger charge is -2.41. The van der Waals surface area contributed by atoms with E-state index < -0.39 is 0 Å². The third-order valence-electron chi connectivity index (χ3n) is 3.25. The Balaban J connectivity index is 2.39. The molecule has 0 saturated heterocycles. The summed E-state index contributed by atoms with van der Waals surface area (Å²) in [4.78, 5) is 12.0. The molecule has 88 valence electrons. The Morgan fingerprint density at radius 1 is 1.33 bits per heavy atom. The number of hydrogen-bond acceptors (Lipinski definition) is 2. The van der Waals surface area contributed by atoms with Crippen molar-refractivity contribution in [3.05, 3.63) is 0 Å². The van der Waals surface area contributed by atoms with Crippen molar-refractivity contribution in [3.8, 4) is 0 Å². The molecule has 3 heteroatoms. The molecule has 0 aliphatic heterocycles. The standard InChI is InChI=1S/C12H24N2O/c1-10(2)9-12(5-4-6-12)11(15)14-8-7-13-3/h10,13H,4-9H2,1-3H3,(H,14,15). The van der Waals surface area contributed by atoms with E-state index in [1.165, 1.54) is 6.42 Å². The monoisotopic (exact) mass is 212 g/mol. The van der Waals surface area contributed by atoms with Gasteiger partial charge >= 0.3 is 0 Å². The van der Waals surface area contributed by atoms with Crippen LogP contribution in [0.25, 0.3) is 0 Å². The van der Waals surface area contributed by atoms with Gasteiger partial charge in [-0.3, -0.25) is 4.79 Å². The average molecular weight is 212 g/mol. The van der Waals surface area contributed by atoms with Gasteiger partial charge in [-0.1, -0.05) is 20.3 Å². The van der Waals surface area contributed by atoms with Gasteiger partial charge in [0, 0.05) is 18.5 Å². The van der Waals surface area contributed by atoms with Gasteiger partial charge < -0.3 is 10.6 Å². The van der Waals surface area contributed by atoms with Gasteiger partial charge in [-0.05, 0) is 32.2 Å². The van der Waals surface area contributed by atoms with Crippen LogP contribution in [-0.4, -0.2) is 26.0 Å². The largest absolute Gasteiger partial charge is 0.354 e. The van der Waals surface area contributed by atoms with Crippen LogP contribution < -0.4 is 10.6 Å². The summed E-state index contributed by atoms with van der Waals surface area (Å²) in [6.07, 6.45) is 4.41. The molecule has 1 aliphatic rings. The second kappa shape index (κ2) is 5.50. The Kier molecular flexibility index (Phi) is 4.58. The maximum Gasteiger partial charge on any atom is 0.226 e. The SMILES string of the molecule is CNCCNC(=O)C1(CC(C)C)CCC1. The minimum Gasteiger partial charge on any atom is -0.354 e. The van der Waals surface area contributed by atoms with Gasteiger partial charge in [-0.25, -0.2) is 0 Å². The average Bonchev–Trinajstić information content (AvgIpc) is 2.11. The highest BCUT2D eigenvalue weighted by molar-refractivity contribution is 5.83. The maximum absolute atomic E-state index is 12.0. The fourth-order valence-corrected chi connectivity index (χ4v) is 2.40. The number of amides is 1. The molecule has 3 nitrogen and oxygen atoms in total. The molecule has 0 aromatic carbocycles. The Bertz CT molecular complexity index is 210. The van der Waals surface area contributed by atoms with Gasteiger partial charge in [0.15, 0.2) is 0 Å². The number of hydrogen-bond donors (Lipinski definition) is 2. The molecule has 1 amide bonds. The van der Waals surface area contributed by atoms with Crippen LogP contribution in [0.3, 0.4) is 0 Å². The van der Waals surface area contributed by atoms with Crippen LogP contribution >= 0.6 is 0 Å². The van der Waals surface area contributed by atoms with Crippen molar-refractivity contribution < 1.29 is 4.79 Å². The molecule has 0 aromatic rings. The lowest BCUT2D eigenvalue weighted by molar-refractivity contribution is -0.137. The smallest absolute Gasteiger partial charge is 0.226 e. The van der Waals surface area contributed by atoms with Crippen molar-refractivity contribution in [2.24, 2.45) is 11.3 Å². The zero-order valence-electron chi connectivity index (χ0n) is 10.2. The maximum atomic E-state index is 12.0. The van der Waals surface area contributed by atoms with Crippen LogP contribution in [0, 0.1) is 11.3 Å². The van der Waals surface area contributed by atoms with Crippen LogP contribution in [0.5, 0.6) is 0 Å². The van der Waals surface area contributed by atoms with E-state index in [4.69, 9.17) is 0 Å². The van der Waals surface area contributed by atoms with E-state index in [0.717, 1.165) is 32.4 Å². The fourth-order valence-electron chi connectivity index (χ4n) is 2.40. The Labute approximate surface area is 93.0 Å². The van der Waals surface area contributed by atoms with Crippen LogP contribution in [0.1, 0.15) is 39.5 Å². The molecule has 1 saturated carbocycles. The molecule has 1 fully saturated rings. The summed E-state index contributed by atoms with van der Waals surface area (Å²) < 4.78 is 0. The van der Waals surface area contributed by atoms with Crippen molar-refractivity contribution >= 4 is 5.91 Å². The molecule has 1 aliphatic carbocycles. The van der Waals surface area contributed by atoms with Crippen LogP contribution in [-0.2, 0) is 4.79 Å². The van der Waals surface area contributed by atoms with Crippen molar-refractivity contribution in [2.75, 3.05) is 20.1 Å². The Morgan fingerprint density at radius 2 is 2.00 bits per heavy atom. The second-order valence-corrected chi connectivity index (χ2v) is 5.09. The molecule has 0 bridgehead atoms. The van der Waals surface area contributed by atoms with E-state index in [-0.39, 0.29) is 11.3 Å². The Morgan fingerprint density at radius 3 is 2.40 bits per heavy atom. The predicted octanol–water partition coefficient (Wildman–Crippen LogP) is 1.54. The molecule has 2 N–H and O–H groups in total. The summed E-state index contributed by atoms with van der Waals surface area (Å²) in [5.74, 6) is 0.887. The van der Waals surface area contributed by atoms with E-state index in [9.17, 15) is 4.79 Å². The first-order valence-electron chi connectivity index (χ1n) is 6.03. The first kappa shape index (κ1) is 12.5. The number of rotatable bonds is 6. The molecular formula is C12H24N2O. The molecule has 0 heterocycles. The number of carbonyl (C=O) groups is 1. The highest BCUT2D eigenvalue weighted by atomic mass is 16.2. The summed E-state index contributed by atoms with van der Waals surface area (Å²) in [6, 6.07) is 0. The van der Waals surface area contributed by atoms with Crippen LogP contribution in [0.2, 0.25) is 0 Å². The molecule has 0 atom stereocenters. The third kappa shape index (κ3) is 3.20. The molecule has 0 aromatic heterocycles. The molecule has 1 rings (SSSR count). The van der Waals surface area contributed by atoms with E-state index in [0.29, 0.717) is 5.92 Å². The zero-order chi connectivity index (χ0) is 11.3. The minimum absolute atomic E-state index is 0.0259. The fraction of sp³-hybridized carbons (Fsp3) is 0.917. The van der Waals surface area contributed by atoms with Gasteiger partial charge in [-0.15, -0.1) is 0 Å². The summed E-state index contributed by atoms with van der Waals surface area (Å²) in [5.41, 5.74) is -0.0259. The lowest BCUT2D eigenvalue weighted by Crippen LogP contribution is -2.47. The van der Waals surface area contributed by atoms with E-state index in [1.807, 2.05) is 7.05 Å². The predicted molar refractivity (Wildman–Crippen MR) is 62.7 cm³/mol. The van der Waals surface area contributed by atoms with E-state index in [1.54, 1.807) is 0 Å². The molecule has 0 radical (unpaired) electrons. The third-order valence-corrected chi connectivity index (χ3v) is 3.25. The summed E-state index contributed by atoms with van der Waals surface area (Å²) >= 11 is 0. The summed E-state index contributed by atoms with van der Waals surface area (Å²) in [7, 11) is 1.90. The topological polar surface area (TPSA) is 41.1 Å². The molecule has 15 heavy (non-hydrogen) atoms. The van der Waals surface area contributed by atoms with Gasteiger partial charge in [0.1, 0.15) is 0 Å². The lowest BCUT2D eigenvalue weighted by atomic mass is 9.64. The zero-order valence-corrected chi connectivity index (χ0v) is 10.2. The first-order chi connectivity index (χ1) is 7.10. The number of carbonyl (C=O) groups excluding carboxylic acids is 1. The van der Waals surface area contributed by atoms with Gasteiger partial charge in [0.25, 0.3) is 0 Å². The highest BCUT2D eigenvalue weighted by Crippen LogP contribution is 2.45. The summed E-state index contributed by atoms with van der Waals surface area (Å²) in [6.45, 7) is 5.99. The second-order valence-electron chi connectivity index (χ2n) is 5.09. The minimum atomic E-state index is -0.0259. The van der Waals surface area contributed by atoms with Crippen molar-refractivity contribution in [2.45, 2.75) is 39.5 Å². The van der Waals surface area contributed by atoms with Crippen molar-refractivity contribution in [1.29, 1.82) is 0 Å². The van der Waals surface area contributed by atoms with Gasteiger partial charge in [-0.2, -0.15) is 0 Å². The number of likely N-dealkylation sites (N-methyl/N-ethyl adjacent to an activating group) is 1. The van der Waals surface area contributed by atoms with Crippen molar-refractivity contribution in [3.63, 3.8) is 0 Å². The molecule has 0 spiro atoms. The van der Waals surface area contributed by atoms with Gasteiger partial charge in [0.2, 0.25) is 5.91 Å². The van der Waals surface area contributed by atoms with Crippen LogP contribution in [0.4, 0.5) is 0 Å². The van der Waals surface area contributed by atoms with Crippen molar-refractivity contribution in [1.82, 2.24) is 10.6 Å². The normalized spacial score (nSPS) is 18.7. The van der Waals surface area contributed by atoms with E-state index >= 15 is 0 Å². The highest BCUT2D eigenvalue weighted by Gasteiger charge is 2.43. The molecular weight excluding hydrogens is 188 g/mol. The number of nitrogens with one attached hydrogen (secondary N) is 2. The molecule has 0 unspecified atom stereocenters. The first-order valence-corrected chi connectivity index (χ1v) is 6.03. The summed E-state index contributed by atoms with van der Waals surface area (Å²) in [5, 5.41) is 6.07. The van der Waals surface area contributed by atoms with Crippen LogP contribution in [0.15, 0.2) is 0 Å². The van der Waals surface area contributed by atoms with Gasteiger partial charge in [0.05, 0.1) is 0 Å². The van der Waals surface area contributed by atoms with E-state index in [2.05, 4.69) is 24.5 Å². The Hall–Kier alpha value is -0.570.